The molecule has 1 fully saturated rings. The molecule has 0 bridgehead atoms. The molecular weight excluding hydrogens is 272 g/mol. The van der Waals surface area contributed by atoms with Crippen LogP contribution in [-0.4, -0.2) is 11.9 Å². The predicted octanol–water partition coefficient (Wildman–Crippen LogP) is 2.02. The molecule has 1 saturated heterocycles. The summed E-state index contributed by atoms with van der Waals surface area (Å²) in [5.74, 6) is -1.54. The molecule has 0 saturated carbocycles. The first kappa shape index (κ1) is 9.78. The monoisotopic (exact) mass is 278 g/mol. The fourth-order valence-electron chi connectivity index (χ4n) is 2.27. The quantitative estimate of drug-likeness (QED) is 0.503. The van der Waals surface area contributed by atoms with Crippen LogP contribution in [0.5, 0.6) is 0 Å². The molecule has 0 spiro atoms. The van der Waals surface area contributed by atoms with Gasteiger partial charge in [-0.25, -0.2) is 4.79 Å². The van der Waals surface area contributed by atoms with Gasteiger partial charge in [0.25, 0.3) is 0 Å². The maximum Gasteiger partial charge on any atom is 0.342 e. The summed E-state index contributed by atoms with van der Waals surface area (Å²) in [6.07, 6.45) is 9.05. The fraction of sp³-hybridized carbons (Fsp3) is 0.167. The van der Waals surface area contributed by atoms with Gasteiger partial charge >= 0.3 is 11.9 Å². The molecule has 2 unspecified atom stereocenters. The molecule has 3 rings (SSSR count). The van der Waals surface area contributed by atoms with Gasteiger partial charge in [-0.3, -0.25) is 4.79 Å². The first-order valence-electron chi connectivity index (χ1n) is 4.90. The molecule has 3 aliphatic rings. The van der Waals surface area contributed by atoms with E-state index in [4.69, 9.17) is 4.74 Å². The van der Waals surface area contributed by atoms with Crippen molar-refractivity contribution in [3.63, 3.8) is 0 Å². The third-order valence-corrected chi connectivity index (χ3v) is 3.73. The van der Waals surface area contributed by atoms with Crippen molar-refractivity contribution < 1.29 is 14.3 Å². The number of hydrogen-bond acceptors (Lipinski definition) is 3. The fourth-order valence-corrected chi connectivity index (χ4v) is 2.80. The van der Waals surface area contributed by atoms with Crippen molar-refractivity contribution in [2.75, 3.05) is 0 Å². The molecular formula is C12H7BrO3. The molecule has 0 aromatic rings. The van der Waals surface area contributed by atoms with Crippen LogP contribution in [0.4, 0.5) is 0 Å². The zero-order chi connectivity index (χ0) is 11.3. The molecule has 3 nitrogen and oxygen atoms in total. The number of halogens is 1. The Kier molecular flexibility index (Phi) is 2.01. The van der Waals surface area contributed by atoms with Crippen LogP contribution < -0.4 is 0 Å². The van der Waals surface area contributed by atoms with Crippen LogP contribution in [0.3, 0.4) is 0 Å². The summed E-state index contributed by atoms with van der Waals surface area (Å²) in [4.78, 5) is 23.2. The molecule has 2 aliphatic carbocycles. The molecule has 80 valence electrons. The zero-order valence-corrected chi connectivity index (χ0v) is 9.73. The first-order chi connectivity index (χ1) is 7.68. The van der Waals surface area contributed by atoms with Crippen molar-refractivity contribution in [3.05, 3.63) is 46.0 Å². The van der Waals surface area contributed by atoms with Gasteiger partial charge in [-0.05, 0) is 5.57 Å². The van der Waals surface area contributed by atoms with E-state index in [1.807, 2.05) is 12.2 Å². The lowest BCUT2D eigenvalue weighted by Gasteiger charge is -2.34. The van der Waals surface area contributed by atoms with E-state index < -0.39 is 11.9 Å². The highest BCUT2D eigenvalue weighted by molar-refractivity contribution is 9.11. The number of carbonyl (C=O) groups excluding carboxylic acids is 2. The van der Waals surface area contributed by atoms with Gasteiger partial charge in [0.2, 0.25) is 0 Å². The van der Waals surface area contributed by atoms with Crippen LogP contribution in [0.2, 0.25) is 0 Å². The number of hydrogen-bond donors (Lipinski definition) is 0. The van der Waals surface area contributed by atoms with E-state index in [0.29, 0.717) is 5.57 Å². The normalized spacial score (nSPS) is 31.2. The van der Waals surface area contributed by atoms with E-state index in [9.17, 15) is 9.59 Å². The lowest BCUT2D eigenvalue weighted by atomic mass is 9.73. The highest BCUT2D eigenvalue weighted by Crippen LogP contribution is 2.43. The van der Waals surface area contributed by atoms with Crippen molar-refractivity contribution in [3.8, 4) is 0 Å². The molecule has 0 radical (unpaired) electrons. The Balaban J connectivity index is 2.20. The summed E-state index contributed by atoms with van der Waals surface area (Å²) in [6, 6.07) is 0. The number of esters is 2. The molecule has 0 aromatic heterocycles. The lowest BCUT2D eigenvalue weighted by molar-refractivity contribution is -0.163. The predicted molar refractivity (Wildman–Crippen MR) is 60.4 cm³/mol. The molecule has 1 heterocycles. The molecule has 2 atom stereocenters. The minimum atomic E-state index is -0.524. The number of ether oxygens (including phenoxy) is 1. The standard InChI is InChI=1S/C12H7BrO3/c13-9-5-4-8-10-6(9)2-1-3-7(10)11(14)16-12(8)15/h1-5,8,10H. The van der Waals surface area contributed by atoms with E-state index >= 15 is 0 Å². The summed E-state index contributed by atoms with van der Waals surface area (Å²) in [6.45, 7) is 0. The lowest BCUT2D eigenvalue weighted by Crippen LogP contribution is -2.39. The van der Waals surface area contributed by atoms with Crippen molar-refractivity contribution in [2.24, 2.45) is 11.8 Å². The van der Waals surface area contributed by atoms with Gasteiger partial charge in [-0.15, -0.1) is 0 Å². The Morgan fingerprint density at radius 2 is 2.06 bits per heavy atom. The maximum atomic E-state index is 11.6. The molecule has 0 aromatic carbocycles. The molecule has 1 aliphatic heterocycles. The zero-order valence-electron chi connectivity index (χ0n) is 8.14. The summed E-state index contributed by atoms with van der Waals surface area (Å²) in [5.41, 5.74) is 1.53. The number of allylic oxidation sites excluding steroid dienone is 6. The average molecular weight is 279 g/mol. The summed E-state index contributed by atoms with van der Waals surface area (Å²) in [5, 5.41) is 0. The Hall–Kier alpha value is -1.42. The molecule has 0 amide bonds. The Morgan fingerprint density at radius 3 is 2.88 bits per heavy atom. The van der Waals surface area contributed by atoms with Gasteiger partial charge in [-0.2, -0.15) is 0 Å². The van der Waals surface area contributed by atoms with Crippen LogP contribution in [0.15, 0.2) is 46.0 Å². The smallest absolute Gasteiger partial charge is 0.342 e. The Morgan fingerprint density at radius 1 is 1.25 bits per heavy atom. The minimum Gasteiger partial charge on any atom is -0.389 e. The molecule has 4 heteroatoms. The van der Waals surface area contributed by atoms with Crippen LogP contribution >= 0.6 is 15.9 Å². The van der Waals surface area contributed by atoms with E-state index in [1.165, 1.54) is 0 Å². The third-order valence-electron chi connectivity index (χ3n) is 3.01. The van der Waals surface area contributed by atoms with Gasteiger partial charge in [0, 0.05) is 16.0 Å². The van der Waals surface area contributed by atoms with E-state index in [1.54, 1.807) is 18.2 Å². The van der Waals surface area contributed by atoms with E-state index in [-0.39, 0.29) is 11.8 Å². The molecule has 0 N–H and O–H groups in total. The second-order valence-electron chi connectivity index (χ2n) is 3.86. The summed E-state index contributed by atoms with van der Waals surface area (Å²) < 4.78 is 5.62. The van der Waals surface area contributed by atoms with Crippen molar-refractivity contribution >= 4 is 27.9 Å². The van der Waals surface area contributed by atoms with E-state index in [2.05, 4.69) is 15.9 Å². The highest BCUT2D eigenvalue weighted by atomic mass is 79.9. The summed E-state index contributed by atoms with van der Waals surface area (Å²) >= 11 is 3.43. The van der Waals surface area contributed by atoms with Crippen LogP contribution in [-0.2, 0) is 14.3 Å². The highest BCUT2D eigenvalue weighted by Gasteiger charge is 2.44. The van der Waals surface area contributed by atoms with Gasteiger partial charge in [0.1, 0.15) is 0 Å². The third kappa shape index (κ3) is 1.19. The Labute approximate surface area is 100 Å². The van der Waals surface area contributed by atoms with Crippen molar-refractivity contribution in [2.45, 2.75) is 0 Å². The number of rotatable bonds is 0. The van der Waals surface area contributed by atoms with Crippen molar-refractivity contribution in [1.29, 1.82) is 0 Å². The second kappa shape index (κ2) is 3.28. The topological polar surface area (TPSA) is 43.4 Å². The maximum absolute atomic E-state index is 11.6. The summed E-state index contributed by atoms with van der Waals surface area (Å²) in [7, 11) is 0. The van der Waals surface area contributed by atoms with Gasteiger partial charge < -0.3 is 4.74 Å². The number of carbonyl (C=O) groups is 2. The van der Waals surface area contributed by atoms with Gasteiger partial charge in [-0.1, -0.05) is 46.3 Å². The second-order valence-corrected chi connectivity index (χ2v) is 4.71. The van der Waals surface area contributed by atoms with Gasteiger partial charge in [0.15, 0.2) is 0 Å². The molecule has 16 heavy (non-hydrogen) atoms. The SMILES string of the molecule is O=C1OC(=O)C2C=CC(Br)=C3C=CC=C1C32. The van der Waals surface area contributed by atoms with E-state index in [0.717, 1.165) is 10.1 Å². The van der Waals surface area contributed by atoms with Crippen LogP contribution in [0.1, 0.15) is 0 Å². The Bertz CT molecular complexity index is 522. The minimum absolute atomic E-state index is 0.182. The number of cyclic esters (lactones) is 2. The van der Waals surface area contributed by atoms with Crippen molar-refractivity contribution in [1.82, 2.24) is 0 Å². The van der Waals surface area contributed by atoms with Gasteiger partial charge in [0.05, 0.1) is 5.92 Å². The first-order valence-corrected chi connectivity index (χ1v) is 5.70. The van der Waals surface area contributed by atoms with Crippen LogP contribution in [0.25, 0.3) is 0 Å². The average Bonchev–Trinajstić information content (AvgIpc) is 2.27. The largest absolute Gasteiger partial charge is 0.389 e. The van der Waals surface area contributed by atoms with Crippen LogP contribution in [0, 0.1) is 11.8 Å².